The molecule has 1 spiro atoms. The Balaban J connectivity index is 1.78. The van der Waals surface area contributed by atoms with E-state index >= 15 is 0 Å². The van der Waals surface area contributed by atoms with Gasteiger partial charge in [-0.05, 0) is 62.9 Å². The van der Waals surface area contributed by atoms with Crippen LogP contribution in [0, 0.1) is 11.3 Å². The lowest BCUT2D eigenvalue weighted by Gasteiger charge is -2.12. The molecule has 13 heavy (non-hydrogen) atoms. The van der Waals surface area contributed by atoms with Crippen LogP contribution in [-0.4, -0.2) is 24.8 Å². The van der Waals surface area contributed by atoms with Crippen LogP contribution in [0.3, 0.4) is 0 Å². The summed E-state index contributed by atoms with van der Waals surface area (Å²) in [5.41, 5.74) is 0.707. The summed E-state index contributed by atoms with van der Waals surface area (Å²) in [7, 11) is 0. The van der Waals surface area contributed by atoms with Gasteiger partial charge in [0.1, 0.15) is 0 Å². The SMILES string of the molecule is OCCCC1CC12CCCNCC2. The van der Waals surface area contributed by atoms with Gasteiger partial charge in [0.15, 0.2) is 0 Å². The Morgan fingerprint density at radius 2 is 2.23 bits per heavy atom. The minimum atomic E-state index is 0.380. The first-order valence-electron chi connectivity index (χ1n) is 5.69. The second-order valence-corrected chi connectivity index (χ2v) is 4.73. The van der Waals surface area contributed by atoms with E-state index in [4.69, 9.17) is 5.11 Å². The smallest absolute Gasteiger partial charge is 0.0431 e. The van der Waals surface area contributed by atoms with E-state index in [0.717, 1.165) is 12.3 Å². The van der Waals surface area contributed by atoms with Crippen LogP contribution in [0.4, 0.5) is 0 Å². The predicted octanol–water partition coefficient (Wildman–Crippen LogP) is 1.54. The zero-order valence-electron chi connectivity index (χ0n) is 8.39. The highest BCUT2D eigenvalue weighted by Gasteiger charge is 2.51. The summed E-state index contributed by atoms with van der Waals surface area (Å²) in [6.45, 7) is 2.81. The first-order chi connectivity index (χ1) is 6.37. The molecule has 2 unspecified atom stereocenters. The van der Waals surface area contributed by atoms with Crippen LogP contribution in [0.25, 0.3) is 0 Å². The summed E-state index contributed by atoms with van der Waals surface area (Å²) in [6, 6.07) is 0. The number of aliphatic hydroxyl groups is 1. The molecule has 0 aromatic carbocycles. The third kappa shape index (κ3) is 2.05. The van der Waals surface area contributed by atoms with Gasteiger partial charge in [0.05, 0.1) is 0 Å². The van der Waals surface area contributed by atoms with Crippen LogP contribution in [0.2, 0.25) is 0 Å². The molecule has 0 aromatic heterocycles. The Kier molecular flexibility index (Phi) is 2.89. The molecule has 1 aliphatic heterocycles. The Morgan fingerprint density at radius 3 is 3.08 bits per heavy atom. The maximum absolute atomic E-state index is 8.77. The van der Waals surface area contributed by atoms with Crippen molar-refractivity contribution in [3.05, 3.63) is 0 Å². The van der Waals surface area contributed by atoms with Crippen molar-refractivity contribution in [1.29, 1.82) is 0 Å². The molecule has 2 atom stereocenters. The molecular formula is C11H21NO. The fourth-order valence-corrected chi connectivity index (χ4v) is 2.94. The van der Waals surface area contributed by atoms with E-state index in [1.54, 1.807) is 0 Å². The van der Waals surface area contributed by atoms with Gasteiger partial charge in [0.25, 0.3) is 0 Å². The lowest BCUT2D eigenvalue weighted by molar-refractivity contribution is 0.273. The van der Waals surface area contributed by atoms with Crippen LogP contribution >= 0.6 is 0 Å². The first kappa shape index (κ1) is 9.47. The van der Waals surface area contributed by atoms with E-state index in [1.165, 1.54) is 45.2 Å². The number of nitrogens with one attached hydrogen (secondary N) is 1. The van der Waals surface area contributed by atoms with Crippen molar-refractivity contribution in [2.45, 2.75) is 38.5 Å². The van der Waals surface area contributed by atoms with Gasteiger partial charge in [-0.1, -0.05) is 0 Å². The van der Waals surface area contributed by atoms with E-state index in [9.17, 15) is 0 Å². The van der Waals surface area contributed by atoms with Crippen LogP contribution < -0.4 is 5.32 Å². The number of aliphatic hydroxyl groups excluding tert-OH is 1. The maximum atomic E-state index is 8.77. The molecule has 2 heteroatoms. The molecule has 2 rings (SSSR count). The summed E-state index contributed by atoms with van der Waals surface area (Å²) in [5, 5.41) is 12.2. The minimum Gasteiger partial charge on any atom is -0.396 e. The highest BCUT2D eigenvalue weighted by atomic mass is 16.2. The lowest BCUT2D eigenvalue weighted by atomic mass is 9.93. The summed E-state index contributed by atoms with van der Waals surface area (Å²) >= 11 is 0. The van der Waals surface area contributed by atoms with E-state index < -0.39 is 0 Å². The maximum Gasteiger partial charge on any atom is 0.0431 e. The van der Waals surface area contributed by atoms with Crippen molar-refractivity contribution in [3.8, 4) is 0 Å². The van der Waals surface area contributed by atoms with Gasteiger partial charge in [-0.15, -0.1) is 0 Å². The van der Waals surface area contributed by atoms with Gasteiger partial charge in [-0.3, -0.25) is 0 Å². The Labute approximate surface area is 80.7 Å². The molecule has 1 heterocycles. The number of rotatable bonds is 3. The van der Waals surface area contributed by atoms with Gasteiger partial charge in [0.2, 0.25) is 0 Å². The molecule has 2 N–H and O–H groups in total. The zero-order valence-corrected chi connectivity index (χ0v) is 8.39. The monoisotopic (exact) mass is 183 g/mol. The van der Waals surface area contributed by atoms with Gasteiger partial charge >= 0.3 is 0 Å². The summed E-state index contributed by atoms with van der Waals surface area (Å²) in [5.74, 6) is 0.944. The number of hydrogen-bond donors (Lipinski definition) is 2. The van der Waals surface area contributed by atoms with E-state index in [2.05, 4.69) is 5.32 Å². The molecule has 2 nitrogen and oxygen atoms in total. The molecule has 1 aliphatic carbocycles. The van der Waals surface area contributed by atoms with Crippen LogP contribution in [0.5, 0.6) is 0 Å². The quantitative estimate of drug-likeness (QED) is 0.695. The van der Waals surface area contributed by atoms with Crippen molar-refractivity contribution in [1.82, 2.24) is 5.32 Å². The summed E-state index contributed by atoms with van der Waals surface area (Å²) < 4.78 is 0. The average Bonchev–Trinajstić information content (AvgIpc) is 2.88. The zero-order chi connectivity index (χ0) is 9.15. The molecule has 2 fully saturated rings. The largest absolute Gasteiger partial charge is 0.396 e. The predicted molar refractivity (Wildman–Crippen MR) is 53.6 cm³/mol. The van der Waals surface area contributed by atoms with E-state index in [1.807, 2.05) is 0 Å². The van der Waals surface area contributed by atoms with Crippen molar-refractivity contribution in [3.63, 3.8) is 0 Å². The molecule has 0 radical (unpaired) electrons. The molecule has 2 aliphatic rings. The van der Waals surface area contributed by atoms with Crippen LogP contribution in [-0.2, 0) is 0 Å². The number of hydrogen-bond acceptors (Lipinski definition) is 2. The molecule has 1 saturated carbocycles. The third-order valence-electron chi connectivity index (χ3n) is 3.90. The van der Waals surface area contributed by atoms with Gasteiger partial charge in [-0.25, -0.2) is 0 Å². The van der Waals surface area contributed by atoms with Crippen molar-refractivity contribution in [2.24, 2.45) is 11.3 Å². The molecule has 1 saturated heterocycles. The first-order valence-corrected chi connectivity index (χ1v) is 5.69. The van der Waals surface area contributed by atoms with Crippen molar-refractivity contribution in [2.75, 3.05) is 19.7 Å². The fourth-order valence-electron chi connectivity index (χ4n) is 2.94. The average molecular weight is 183 g/mol. The standard InChI is InChI=1S/C11H21NO/c13-8-1-3-10-9-11(10)4-2-6-12-7-5-11/h10,12-13H,1-9H2. The molecule has 0 aromatic rings. The van der Waals surface area contributed by atoms with Gasteiger partial charge in [-0.2, -0.15) is 0 Å². The normalized spacial score (nSPS) is 39.0. The second kappa shape index (κ2) is 3.97. The second-order valence-electron chi connectivity index (χ2n) is 4.73. The van der Waals surface area contributed by atoms with Crippen LogP contribution in [0.15, 0.2) is 0 Å². The molecule has 76 valence electrons. The molecule has 0 bridgehead atoms. The highest BCUT2D eigenvalue weighted by Crippen LogP contribution is 2.60. The van der Waals surface area contributed by atoms with Crippen molar-refractivity contribution >= 4 is 0 Å². The summed E-state index contributed by atoms with van der Waals surface area (Å²) in [4.78, 5) is 0. The van der Waals surface area contributed by atoms with E-state index in [-0.39, 0.29) is 0 Å². The Morgan fingerprint density at radius 1 is 1.31 bits per heavy atom. The minimum absolute atomic E-state index is 0.380. The lowest BCUT2D eigenvalue weighted by Crippen LogP contribution is -2.14. The topological polar surface area (TPSA) is 32.3 Å². The molecular weight excluding hydrogens is 162 g/mol. The Bertz CT molecular complexity index is 161. The highest BCUT2D eigenvalue weighted by molar-refractivity contribution is 5.02. The molecule has 0 amide bonds. The summed E-state index contributed by atoms with van der Waals surface area (Å²) in [6.07, 6.45) is 7.87. The van der Waals surface area contributed by atoms with E-state index in [0.29, 0.717) is 12.0 Å². The third-order valence-corrected chi connectivity index (χ3v) is 3.90. The van der Waals surface area contributed by atoms with Crippen LogP contribution in [0.1, 0.15) is 38.5 Å². The van der Waals surface area contributed by atoms with Crippen molar-refractivity contribution < 1.29 is 5.11 Å². The Hall–Kier alpha value is -0.0800. The van der Waals surface area contributed by atoms with Gasteiger partial charge < -0.3 is 10.4 Å². The fraction of sp³-hybridized carbons (Fsp3) is 1.00. The van der Waals surface area contributed by atoms with Gasteiger partial charge in [0, 0.05) is 6.61 Å².